The Hall–Kier alpha value is -2.82. The van der Waals surface area contributed by atoms with Gasteiger partial charge in [0.25, 0.3) is 0 Å². The van der Waals surface area contributed by atoms with Crippen molar-refractivity contribution in [3.8, 4) is 6.07 Å². The second-order valence-corrected chi connectivity index (χ2v) is 3.25. The van der Waals surface area contributed by atoms with E-state index in [1.54, 1.807) is 6.92 Å². The molecule has 0 aromatic carbocycles. The molecule has 1 heterocycles. The van der Waals surface area contributed by atoms with Crippen molar-refractivity contribution in [1.29, 1.82) is 5.26 Å². The number of hydrogen-bond donors (Lipinski definition) is 3. The van der Waals surface area contributed by atoms with Crippen LogP contribution in [0.2, 0.25) is 0 Å². The minimum Gasteiger partial charge on any atom is -0.477 e. The molecular formula is C10H10N4O4. The number of aromatic carboxylic acids is 1. The van der Waals surface area contributed by atoms with Gasteiger partial charge in [0.1, 0.15) is 17.5 Å². The molecule has 0 aliphatic heterocycles. The summed E-state index contributed by atoms with van der Waals surface area (Å²) in [7, 11) is 0. The Balaban J connectivity index is 3.49. The Labute approximate surface area is 102 Å². The smallest absolute Gasteiger partial charge is 0.348 e. The van der Waals surface area contributed by atoms with E-state index in [9.17, 15) is 9.59 Å². The van der Waals surface area contributed by atoms with Crippen LogP contribution >= 0.6 is 0 Å². The summed E-state index contributed by atoms with van der Waals surface area (Å²) in [5, 5.41) is 30.1. The average Bonchev–Trinajstić information content (AvgIpc) is 2.67. The minimum atomic E-state index is -1.42. The molecule has 94 valence electrons. The zero-order chi connectivity index (χ0) is 13.9. The van der Waals surface area contributed by atoms with E-state index in [2.05, 4.69) is 5.10 Å². The van der Waals surface area contributed by atoms with Gasteiger partial charge in [-0.2, -0.15) is 10.4 Å². The van der Waals surface area contributed by atoms with Crippen LogP contribution in [0, 0.1) is 11.3 Å². The van der Waals surface area contributed by atoms with Gasteiger partial charge in [-0.25, -0.2) is 14.3 Å². The standard InChI is InChI=1S/C10H10N4O4/c1-2-7(5(3-11)9(15)16)14-8(12)6(4-13-14)10(17)18/h4H,2,12H2,1H3,(H,15,16)(H,17,18). The fourth-order valence-corrected chi connectivity index (χ4v) is 1.41. The third-order valence-electron chi connectivity index (χ3n) is 2.24. The quantitative estimate of drug-likeness (QED) is 0.518. The van der Waals surface area contributed by atoms with Crippen molar-refractivity contribution in [2.45, 2.75) is 13.3 Å². The molecule has 0 fully saturated rings. The van der Waals surface area contributed by atoms with E-state index in [0.717, 1.165) is 10.9 Å². The van der Waals surface area contributed by atoms with Gasteiger partial charge in [0, 0.05) is 0 Å². The van der Waals surface area contributed by atoms with Gasteiger partial charge >= 0.3 is 11.9 Å². The Kier molecular flexibility index (Phi) is 3.68. The van der Waals surface area contributed by atoms with E-state index < -0.39 is 17.5 Å². The zero-order valence-corrected chi connectivity index (χ0v) is 9.41. The molecule has 0 saturated carbocycles. The van der Waals surface area contributed by atoms with Crippen molar-refractivity contribution >= 4 is 23.5 Å². The van der Waals surface area contributed by atoms with Crippen LogP contribution in [-0.2, 0) is 4.79 Å². The van der Waals surface area contributed by atoms with Crippen molar-refractivity contribution in [2.24, 2.45) is 0 Å². The largest absolute Gasteiger partial charge is 0.477 e. The lowest BCUT2D eigenvalue weighted by atomic mass is 10.2. The normalized spacial score (nSPS) is 11.6. The predicted molar refractivity (Wildman–Crippen MR) is 60.4 cm³/mol. The van der Waals surface area contributed by atoms with Crippen LogP contribution in [0.4, 0.5) is 5.82 Å². The molecule has 8 nitrogen and oxygen atoms in total. The molecule has 18 heavy (non-hydrogen) atoms. The number of nitrogens with two attached hydrogens (primary N) is 1. The zero-order valence-electron chi connectivity index (χ0n) is 9.41. The molecule has 0 aliphatic carbocycles. The first-order valence-electron chi connectivity index (χ1n) is 4.87. The topological polar surface area (TPSA) is 142 Å². The summed E-state index contributed by atoms with van der Waals surface area (Å²) in [5.74, 6) is -2.91. The summed E-state index contributed by atoms with van der Waals surface area (Å²) in [6.07, 6.45) is 1.17. The fraction of sp³-hybridized carbons (Fsp3) is 0.200. The van der Waals surface area contributed by atoms with Crippen LogP contribution < -0.4 is 5.73 Å². The number of carboxylic acid groups (broad SMARTS) is 2. The van der Waals surface area contributed by atoms with Crippen LogP contribution in [0.25, 0.3) is 5.70 Å². The molecule has 0 unspecified atom stereocenters. The van der Waals surface area contributed by atoms with Crippen LogP contribution in [0.1, 0.15) is 23.7 Å². The van der Waals surface area contributed by atoms with Gasteiger partial charge in [-0.15, -0.1) is 0 Å². The number of aliphatic carboxylic acids is 1. The second kappa shape index (κ2) is 5.01. The molecule has 0 atom stereocenters. The average molecular weight is 250 g/mol. The molecule has 0 saturated heterocycles. The number of rotatable bonds is 4. The van der Waals surface area contributed by atoms with E-state index in [0.29, 0.717) is 0 Å². The summed E-state index contributed by atoms with van der Waals surface area (Å²) in [4.78, 5) is 21.7. The first kappa shape index (κ1) is 13.2. The van der Waals surface area contributed by atoms with E-state index in [-0.39, 0.29) is 23.5 Å². The molecule has 1 rings (SSSR count). The monoisotopic (exact) mass is 250 g/mol. The highest BCUT2D eigenvalue weighted by molar-refractivity contribution is 5.98. The highest BCUT2D eigenvalue weighted by atomic mass is 16.4. The van der Waals surface area contributed by atoms with E-state index in [1.165, 1.54) is 6.07 Å². The van der Waals surface area contributed by atoms with Crippen LogP contribution in [0.15, 0.2) is 11.8 Å². The Morgan fingerprint density at radius 3 is 2.50 bits per heavy atom. The number of carboxylic acids is 2. The van der Waals surface area contributed by atoms with Crippen molar-refractivity contribution in [3.63, 3.8) is 0 Å². The van der Waals surface area contributed by atoms with Crippen LogP contribution in [0.5, 0.6) is 0 Å². The summed E-state index contributed by atoms with van der Waals surface area (Å²) in [5.41, 5.74) is 4.82. The maximum atomic E-state index is 10.9. The number of nitriles is 1. The molecule has 1 aromatic rings. The number of nitrogen functional groups attached to an aromatic ring is 1. The van der Waals surface area contributed by atoms with Crippen molar-refractivity contribution in [1.82, 2.24) is 9.78 Å². The Bertz CT molecular complexity index is 579. The van der Waals surface area contributed by atoms with Crippen molar-refractivity contribution in [3.05, 3.63) is 17.3 Å². The molecule has 0 spiro atoms. The molecule has 1 aromatic heterocycles. The lowest BCUT2D eigenvalue weighted by Crippen LogP contribution is -2.11. The van der Waals surface area contributed by atoms with Crippen molar-refractivity contribution < 1.29 is 19.8 Å². The van der Waals surface area contributed by atoms with Gasteiger partial charge in [0.2, 0.25) is 0 Å². The number of nitrogens with zero attached hydrogens (tertiary/aromatic N) is 3. The maximum Gasteiger partial charge on any atom is 0.348 e. The highest BCUT2D eigenvalue weighted by Crippen LogP contribution is 2.21. The first-order valence-corrected chi connectivity index (χ1v) is 4.87. The minimum absolute atomic E-state index is 0.0370. The summed E-state index contributed by atoms with van der Waals surface area (Å²) >= 11 is 0. The molecule has 0 aliphatic rings. The summed E-state index contributed by atoms with van der Waals surface area (Å²) < 4.78 is 0.954. The van der Waals surface area contributed by atoms with E-state index in [1.807, 2.05) is 0 Å². The van der Waals surface area contributed by atoms with E-state index >= 15 is 0 Å². The van der Waals surface area contributed by atoms with Gasteiger partial charge in [0.15, 0.2) is 5.57 Å². The van der Waals surface area contributed by atoms with Gasteiger partial charge in [-0.05, 0) is 6.42 Å². The summed E-state index contributed by atoms with van der Waals surface area (Å²) in [6, 6.07) is 1.53. The highest BCUT2D eigenvalue weighted by Gasteiger charge is 2.20. The molecule has 8 heteroatoms. The maximum absolute atomic E-state index is 10.9. The van der Waals surface area contributed by atoms with Gasteiger partial charge in [-0.3, -0.25) is 0 Å². The molecule has 0 amide bonds. The predicted octanol–water partition coefficient (Wildman–Crippen LogP) is 0.393. The molecular weight excluding hydrogens is 240 g/mol. The number of anilines is 1. The van der Waals surface area contributed by atoms with Gasteiger partial charge in [-0.1, -0.05) is 6.92 Å². The lowest BCUT2D eigenvalue weighted by molar-refractivity contribution is -0.132. The third-order valence-corrected chi connectivity index (χ3v) is 2.24. The number of hydrogen-bond acceptors (Lipinski definition) is 5. The number of carbonyl (C=O) groups is 2. The van der Waals surface area contributed by atoms with Gasteiger partial charge in [0.05, 0.1) is 11.9 Å². The van der Waals surface area contributed by atoms with Gasteiger partial charge < -0.3 is 15.9 Å². The van der Waals surface area contributed by atoms with Crippen LogP contribution in [-0.4, -0.2) is 31.9 Å². The fourth-order valence-electron chi connectivity index (χ4n) is 1.41. The number of aromatic nitrogens is 2. The second-order valence-electron chi connectivity index (χ2n) is 3.25. The lowest BCUT2D eigenvalue weighted by Gasteiger charge is -2.08. The Morgan fingerprint density at radius 1 is 1.56 bits per heavy atom. The van der Waals surface area contributed by atoms with E-state index in [4.69, 9.17) is 21.2 Å². The number of allylic oxidation sites excluding steroid dienone is 1. The van der Waals surface area contributed by atoms with Crippen LogP contribution in [0.3, 0.4) is 0 Å². The third kappa shape index (κ3) is 2.15. The SMILES string of the molecule is CCC(=C(C#N)C(=O)O)n1ncc(C(=O)O)c1N. The Morgan fingerprint density at radius 2 is 2.17 bits per heavy atom. The summed E-state index contributed by atoms with van der Waals surface area (Å²) in [6.45, 7) is 1.61. The molecule has 0 radical (unpaired) electrons. The molecule has 4 N–H and O–H groups in total. The first-order chi connectivity index (χ1) is 8.43. The van der Waals surface area contributed by atoms with Crippen molar-refractivity contribution in [2.75, 3.05) is 5.73 Å². The molecule has 0 bridgehead atoms.